The summed E-state index contributed by atoms with van der Waals surface area (Å²) in [6.45, 7) is 7.80. The molecule has 2 aliphatic rings. The smallest absolute Gasteiger partial charge is 0.0594 e. The van der Waals surface area contributed by atoms with E-state index in [-0.39, 0.29) is 0 Å². The first-order chi connectivity index (χ1) is 7.45. The number of hydrogen-bond acceptors (Lipinski definition) is 4. The van der Waals surface area contributed by atoms with Crippen LogP contribution >= 0.6 is 11.8 Å². The van der Waals surface area contributed by atoms with Crippen LogP contribution in [0.15, 0.2) is 0 Å². The molecule has 0 radical (unpaired) electrons. The van der Waals surface area contributed by atoms with Gasteiger partial charge in [-0.2, -0.15) is 11.8 Å². The molecule has 0 unspecified atom stereocenters. The summed E-state index contributed by atoms with van der Waals surface area (Å²) >= 11 is 2.17. The van der Waals surface area contributed by atoms with Crippen LogP contribution in [0.1, 0.15) is 12.8 Å². The van der Waals surface area contributed by atoms with E-state index < -0.39 is 0 Å². The Morgan fingerprint density at radius 2 is 1.93 bits per heavy atom. The minimum absolute atomic E-state index is 0.910. The highest BCUT2D eigenvalue weighted by Crippen LogP contribution is 2.20. The van der Waals surface area contributed by atoms with Crippen LogP contribution in [-0.2, 0) is 4.74 Å². The predicted octanol–water partition coefficient (Wildman–Crippen LogP) is 0.804. The van der Waals surface area contributed by atoms with Crippen molar-refractivity contribution in [2.45, 2.75) is 18.1 Å². The maximum Gasteiger partial charge on any atom is 0.0594 e. The third-order valence-electron chi connectivity index (χ3n) is 3.15. The number of hydrogen-bond donors (Lipinski definition) is 1. The largest absolute Gasteiger partial charge is 0.379 e. The summed E-state index contributed by atoms with van der Waals surface area (Å²) < 4.78 is 5.34. The SMILES string of the molecule is C1CC(SCCN2CCOCC2)CCN1. The minimum Gasteiger partial charge on any atom is -0.379 e. The van der Waals surface area contributed by atoms with Crippen LogP contribution in [0.3, 0.4) is 0 Å². The number of piperidine rings is 1. The Labute approximate surface area is 96.9 Å². The third kappa shape index (κ3) is 4.31. The molecule has 0 atom stereocenters. The van der Waals surface area contributed by atoms with Gasteiger partial charge < -0.3 is 10.1 Å². The summed E-state index contributed by atoms with van der Waals surface area (Å²) in [5, 5.41) is 4.32. The molecule has 2 fully saturated rings. The van der Waals surface area contributed by atoms with Crippen LogP contribution in [-0.4, -0.2) is 61.8 Å². The average molecular weight is 230 g/mol. The zero-order valence-electron chi connectivity index (χ0n) is 9.41. The summed E-state index contributed by atoms with van der Waals surface area (Å²) in [5.41, 5.74) is 0. The molecule has 0 aliphatic carbocycles. The van der Waals surface area contributed by atoms with E-state index in [2.05, 4.69) is 22.0 Å². The lowest BCUT2D eigenvalue weighted by Crippen LogP contribution is -2.38. The molecule has 0 amide bonds. The van der Waals surface area contributed by atoms with Crippen LogP contribution in [0.4, 0.5) is 0 Å². The van der Waals surface area contributed by atoms with Crippen molar-refractivity contribution in [2.75, 3.05) is 51.7 Å². The number of nitrogens with zero attached hydrogens (tertiary/aromatic N) is 1. The third-order valence-corrected chi connectivity index (χ3v) is 4.51. The van der Waals surface area contributed by atoms with E-state index in [1.807, 2.05) is 0 Å². The van der Waals surface area contributed by atoms with Gasteiger partial charge in [0.05, 0.1) is 13.2 Å². The second kappa shape index (κ2) is 6.74. The lowest BCUT2D eigenvalue weighted by molar-refractivity contribution is 0.0410. The van der Waals surface area contributed by atoms with Gasteiger partial charge in [0, 0.05) is 30.6 Å². The van der Waals surface area contributed by atoms with Crippen LogP contribution in [0.5, 0.6) is 0 Å². The molecule has 0 saturated carbocycles. The fourth-order valence-electron chi connectivity index (χ4n) is 2.14. The van der Waals surface area contributed by atoms with E-state index in [0.717, 1.165) is 31.6 Å². The van der Waals surface area contributed by atoms with Gasteiger partial charge in [0.25, 0.3) is 0 Å². The molecule has 2 rings (SSSR count). The quantitative estimate of drug-likeness (QED) is 0.772. The van der Waals surface area contributed by atoms with Gasteiger partial charge in [-0.05, 0) is 25.9 Å². The second-order valence-corrected chi connectivity index (χ2v) is 5.68. The zero-order chi connectivity index (χ0) is 10.3. The van der Waals surface area contributed by atoms with Gasteiger partial charge in [-0.25, -0.2) is 0 Å². The van der Waals surface area contributed by atoms with Gasteiger partial charge in [-0.15, -0.1) is 0 Å². The summed E-state index contributed by atoms with van der Waals surface area (Å²) in [6.07, 6.45) is 2.71. The van der Waals surface area contributed by atoms with Crippen molar-refractivity contribution in [2.24, 2.45) is 0 Å². The molecule has 15 heavy (non-hydrogen) atoms. The van der Waals surface area contributed by atoms with E-state index in [9.17, 15) is 0 Å². The first-order valence-electron chi connectivity index (χ1n) is 6.07. The molecule has 88 valence electrons. The molecule has 0 spiro atoms. The molecule has 4 heteroatoms. The van der Waals surface area contributed by atoms with Crippen LogP contribution in [0.25, 0.3) is 0 Å². The lowest BCUT2D eigenvalue weighted by Gasteiger charge is -2.28. The zero-order valence-corrected chi connectivity index (χ0v) is 10.2. The Kier molecular flexibility index (Phi) is 5.26. The van der Waals surface area contributed by atoms with Crippen LogP contribution in [0.2, 0.25) is 0 Å². The number of morpholine rings is 1. The Morgan fingerprint density at radius 3 is 2.67 bits per heavy atom. The maximum absolute atomic E-state index is 5.34. The molecular weight excluding hydrogens is 208 g/mol. The first kappa shape index (κ1) is 11.7. The van der Waals surface area contributed by atoms with Crippen molar-refractivity contribution in [1.82, 2.24) is 10.2 Å². The molecule has 3 nitrogen and oxygen atoms in total. The van der Waals surface area contributed by atoms with Gasteiger partial charge in [0.2, 0.25) is 0 Å². The molecule has 0 aromatic rings. The fourth-order valence-corrected chi connectivity index (χ4v) is 3.40. The van der Waals surface area contributed by atoms with E-state index in [1.165, 1.54) is 38.2 Å². The Hall–Kier alpha value is 0.230. The molecule has 1 N–H and O–H groups in total. The van der Waals surface area contributed by atoms with Crippen molar-refractivity contribution in [3.8, 4) is 0 Å². The number of nitrogens with one attached hydrogen (secondary N) is 1. The molecule has 0 aromatic carbocycles. The summed E-state index contributed by atoms with van der Waals surface area (Å²) in [5.74, 6) is 1.30. The van der Waals surface area contributed by atoms with Gasteiger partial charge in [0.15, 0.2) is 0 Å². The van der Waals surface area contributed by atoms with E-state index >= 15 is 0 Å². The van der Waals surface area contributed by atoms with Crippen molar-refractivity contribution in [1.29, 1.82) is 0 Å². The average Bonchev–Trinajstić information content (AvgIpc) is 2.32. The van der Waals surface area contributed by atoms with Gasteiger partial charge in [0.1, 0.15) is 0 Å². The van der Waals surface area contributed by atoms with E-state index in [1.54, 1.807) is 0 Å². The van der Waals surface area contributed by atoms with E-state index in [0.29, 0.717) is 0 Å². The highest BCUT2D eigenvalue weighted by molar-refractivity contribution is 7.99. The van der Waals surface area contributed by atoms with Crippen LogP contribution in [0, 0.1) is 0 Å². The second-order valence-electron chi connectivity index (χ2n) is 4.27. The van der Waals surface area contributed by atoms with Crippen molar-refractivity contribution in [3.63, 3.8) is 0 Å². The number of thioether (sulfide) groups is 1. The molecule has 2 heterocycles. The normalized spacial score (nSPS) is 25.6. The highest BCUT2D eigenvalue weighted by atomic mass is 32.2. The predicted molar refractivity (Wildman–Crippen MR) is 65.6 cm³/mol. The summed E-state index contributed by atoms with van der Waals surface area (Å²) in [4.78, 5) is 2.53. The summed E-state index contributed by atoms with van der Waals surface area (Å²) in [7, 11) is 0. The Balaban J connectivity index is 1.53. The minimum atomic E-state index is 0.910. The molecule has 0 aromatic heterocycles. The van der Waals surface area contributed by atoms with Gasteiger partial charge in [-0.3, -0.25) is 4.90 Å². The Bertz CT molecular complexity index is 150. The summed E-state index contributed by atoms with van der Waals surface area (Å²) in [6, 6.07) is 0. The molecule has 2 aliphatic heterocycles. The van der Waals surface area contributed by atoms with Crippen molar-refractivity contribution >= 4 is 11.8 Å². The Morgan fingerprint density at radius 1 is 1.20 bits per heavy atom. The van der Waals surface area contributed by atoms with Crippen molar-refractivity contribution in [3.05, 3.63) is 0 Å². The van der Waals surface area contributed by atoms with Gasteiger partial charge >= 0.3 is 0 Å². The topological polar surface area (TPSA) is 24.5 Å². The molecule has 0 bridgehead atoms. The number of ether oxygens (including phenoxy) is 1. The van der Waals surface area contributed by atoms with Crippen LogP contribution < -0.4 is 5.32 Å². The van der Waals surface area contributed by atoms with Gasteiger partial charge in [-0.1, -0.05) is 0 Å². The fraction of sp³-hybridized carbons (Fsp3) is 1.00. The van der Waals surface area contributed by atoms with E-state index in [4.69, 9.17) is 4.74 Å². The molecular formula is C11H22N2OS. The first-order valence-corrected chi connectivity index (χ1v) is 7.12. The maximum atomic E-state index is 5.34. The molecule has 2 saturated heterocycles. The standard InChI is InChI=1S/C11H22N2OS/c1-3-12-4-2-11(1)15-10-7-13-5-8-14-9-6-13/h11-12H,1-10H2. The number of rotatable bonds is 4. The monoisotopic (exact) mass is 230 g/mol. The highest BCUT2D eigenvalue weighted by Gasteiger charge is 2.14. The lowest BCUT2D eigenvalue weighted by atomic mass is 10.2. The van der Waals surface area contributed by atoms with Crippen molar-refractivity contribution < 1.29 is 4.74 Å².